The van der Waals surface area contributed by atoms with E-state index in [0.29, 0.717) is 41.3 Å². The largest absolute Gasteiger partial charge is 0.396 e. The summed E-state index contributed by atoms with van der Waals surface area (Å²) in [6.45, 7) is 0.858. The van der Waals surface area contributed by atoms with E-state index < -0.39 is 0 Å². The molecule has 6 nitrogen and oxygen atoms in total. The first kappa shape index (κ1) is 14.4. The summed E-state index contributed by atoms with van der Waals surface area (Å²) in [4.78, 5) is 12.7. The van der Waals surface area contributed by atoms with Crippen molar-refractivity contribution in [2.75, 3.05) is 13.2 Å². The predicted molar refractivity (Wildman–Crippen MR) is 81.6 cm³/mol. The summed E-state index contributed by atoms with van der Waals surface area (Å²) < 4.78 is 8.08. The van der Waals surface area contributed by atoms with E-state index >= 15 is 0 Å². The van der Waals surface area contributed by atoms with Crippen molar-refractivity contribution in [1.29, 1.82) is 0 Å². The molecule has 4 atom stereocenters. The van der Waals surface area contributed by atoms with Crippen molar-refractivity contribution in [3.63, 3.8) is 0 Å². The van der Waals surface area contributed by atoms with Gasteiger partial charge < -0.3 is 14.4 Å². The molecule has 2 aliphatic carbocycles. The molecule has 2 heterocycles. The van der Waals surface area contributed by atoms with Crippen molar-refractivity contribution in [2.24, 2.45) is 11.8 Å². The quantitative estimate of drug-likeness (QED) is 0.675. The number of hydrogen-bond donors (Lipinski definition) is 1. The molecular formula is C15H19ClN4O2. The molecule has 0 aliphatic heterocycles. The third kappa shape index (κ3) is 2.30. The van der Waals surface area contributed by atoms with Gasteiger partial charge in [-0.25, -0.2) is 15.0 Å². The van der Waals surface area contributed by atoms with Gasteiger partial charge in [0, 0.05) is 19.3 Å². The topological polar surface area (TPSA) is 73.1 Å². The van der Waals surface area contributed by atoms with E-state index in [0.717, 1.165) is 24.9 Å². The molecule has 4 rings (SSSR count). The molecule has 0 amide bonds. The van der Waals surface area contributed by atoms with Crippen LogP contribution < -0.4 is 0 Å². The summed E-state index contributed by atoms with van der Waals surface area (Å²) >= 11 is 6.08. The van der Waals surface area contributed by atoms with Crippen molar-refractivity contribution >= 4 is 22.8 Å². The minimum absolute atomic E-state index is 0.199. The van der Waals surface area contributed by atoms with E-state index in [-0.39, 0.29) is 6.61 Å². The van der Waals surface area contributed by atoms with Gasteiger partial charge in [0.2, 0.25) is 0 Å². The number of aliphatic hydroxyl groups is 1. The molecule has 2 saturated carbocycles. The number of fused-ring (bicyclic) bond motifs is 3. The van der Waals surface area contributed by atoms with Crippen LogP contribution in [0.4, 0.5) is 0 Å². The highest BCUT2D eigenvalue weighted by Crippen LogP contribution is 2.52. The maximum Gasteiger partial charge on any atom is 0.165 e. The highest BCUT2D eigenvalue weighted by Gasteiger charge is 2.47. The minimum Gasteiger partial charge on any atom is -0.396 e. The van der Waals surface area contributed by atoms with Crippen molar-refractivity contribution in [1.82, 2.24) is 19.5 Å². The highest BCUT2D eigenvalue weighted by molar-refractivity contribution is 6.33. The second kappa shape index (κ2) is 5.76. The second-order valence-corrected chi connectivity index (χ2v) is 6.63. The molecule has 2 aliphatic rings. The molecule has 2 aromatic rings. The fraction of sp³-hybridized carbons (Fsp3) is 0.667. The van der Waals surface area contributed by atoms with Gasteiger partial charge in [-0.2, -0.15) is 0 Å². The lowest BCUT2D eigenvalue weighted by Gasteiger charge is -2.29. The average Bonchev–Trinajstić information content (AvgIpc) is 3.20. The van der Waals surface area contributed by atoms with Gasteiger partial charge in [-0.15, -0.1) is 0 Å². The number of ether oxygens (including phenoxy) is 1. The van der Waals surface area contributed by atoms with E-state index in [1.54, 1.807) is 0 Å². The molecule has 0 aromatic carbocycles. The Morgan fingerprint density at radius 3 is 2.91 bits per heavy atom. The van der Waals surface area contributed by atoms with Gasteiger partial charge in [0.15, 0.2) is 10.8 Å². The monoisotopic (exact) mass is 322 g/mol. The van der Waals surface area contributed by atoms with Crippen molar-refractivity contribution in [3.8, 4) is 0 Å². The summed E-state index contributed by atoms with van der Waals surface area (Å²) in [5, 5.41) is 9.26. The zero-order valence-electron chi connectivity index (χ0n) is 12.2. The molecule has 2 bridgehead atoms. The lowest BCUT2D eigenvalue weighted by molar-refractivity contribution is 0.00331. The van der Waals surface area contributed by atoms with Crippen LogP contribution in [0.25, 0.3) is 11.2 Å². The summed E-state index contributed by atoms with van der Waals surface area (Å²) in [5.41, 5.74) is 1.51. The summed E-state index contributed by atoms with van der Waals surface area (Å²) in [6, 6.07) is 0.429. The predicted octanol–water partition coefficient (Wildman–Crippen LogP) is 2.22. The maximum atomic E-state index is 8.85. The molecule has 7 heteroatoms. The van der Waals surface area contributed by atoms with E-state index in [2.05, 4.69) is 19.5 Å². The van der Waals surface area contributed by atoms with Crippen molar-refractivity contribution < 1.29 is 9.84 Å². The first-order valence-electron chi connectivity index (χ1n) is 7.83. The smallest absolute Gasteiger partial charge is 0.165 e. The lowest BCUT2D eigenvalue weighted by Crippen LogP contribution is -2.27. The van der Waals surface area contributed by atoms with Crippen LogP contribution in [0.3, 0.4) is 0 Å². The SMILES string of the molecule is OCCCO[C@H]1C[C@H]2C[C@@H]1C[C@@H]2n1cnc2c(Cl)ncnc21. The molecule has 0 spiro atoms. The van der Waals surface area contributed by atoms with Crippen LogP contribution in [0.5, 0.6) is 0 Å². The van der Waals surface area contributed by atoms with Gasteiger partial charge in [0.05, 0.1) is 12.4 Å². The summed E-state index contributed by atoms with van der Waals surface area (Å²) in [5.74, 6) is 1.21. The molecule has 0 unspecified atom stereocenters. The van der Waals surface area contributed by atoms with Gasteiger partial charge >= 0.3 is 0 Å². The Morgan fingerprint density at radius 2 is 2.14 bits per heavy atom. The van der Waals surface area contributed by atoms with E-state index in [9.17, 15) is 0 Å². The zero-order chi connectivity index (χ0) is 15.1. The first-order chi connectivity index (χ1) is 10.8. The fourth-order valence-electron chi connectivity index (χ4n) is 4.10. The third-order valence-electron chi connectivity index (χ3n) is 5.06. The number of aromatic nitrogens is 4. The van der Waals surface area contributed by atoms with E-state index in [4.69, 9.17) is 21.4 Å². The third-order valence-corrected chi connectivity index (χ3v) is 5.34. The molecule has 22 heavy (non-hydrogen) atoms. The van der Waals surface area contributed by atoms with Gasteiger partial charge in [-0.1, -0.05) is 11.6 Å². The summed E-state index contributed by atoms with van der Waals surface area (Å²) in [7, 11) is 0. The fourth-order valence-corrected chi connectivity index (χ4v) is 4.28. The maximum absolute atomic E-state index is 8.85. The van der Waals surface area contributed by atoms with Crippen LogP contribution in [0, 0.1) is 11.8 Å². The van der Waals surface area contributed by atoms with Crippen LogP contribution in [0.1, 0.15) is 31.7 Å². The van der Waals surface area contributed by atoms with Gasteiger partial charge in [0.1, 0.15) is 11.8 Å². The Bertz CT molecular complexity index is 677. The number of rotatable bonds is 5. The van der Waals surface area contributed by atoms with E-state index in [1.807, 2.05) is 6.33 Å². The van der Waals surface area contributed by atoms with Gasteiger partial charge in [-0.05, 0) is 37.5 Å². The van der Waals surface area contributed by atoms with Crippen molar-refractivity contribution in [2.45, 2.75) is 37.8 Å². The number of hydrogen-bond acceptors (Lipinski definition) is 5. The molecule has 118 valence electrons. The molecule has 1 N–H and O–H groups in total. The molecule has 0 saturated heterocycles. The Morgan fingerprint density at radius 1 is 1.23 bits per heavy atom. The number of nitrogens with zero attached hydrogens (tertiary/aromatic N) is 4. The summed E-state index contributed by atoms with van der Waals surface area (Å²) in [6.07, 6.45) is 7.79. The van der Waals surface area contributed by atoms with Crippen molar-refractivity contribution in [3.05, 3.63) is 17.8 Å². The Kier molecular flexibility index (Phi) is 3.76. The first-order valence-corrected chi connectivity index (χ1v) is 8.21. The highest BCUT2D eigenvalue weighted by atomic mass is 35.5. The van der Waals surface area contributed by atoms with Gasteiger partial charge in [-0.3, -0.25) is 0 Å². The standard InChI is InChI=1S/C15H19ClN4O2/c16-14-13-15(18-7-17-14)20(8-19-13)11-5-10-4-9(11)6-12(10)22-3-1-2-21/h7-12,21H,1-6H2/t9-,10-,11+,12+/m1/s1. The average molecular weight is 323 g/mol. The Balaban J connectivity index is 1.51. The Hall–Kier alpha value is -1.24. The lowest BCUT2D eigenvalue weighted by atomic mass is 9.93. The Labute approximate surface area is 133 Å². The van der Waals surface area contributed by atoms with Crippen LogP contribution in [0.2, 0.25) is 5.15 Å². The van der Waals surface area contributed by atoms with Gasteiger partial charge in [0.25, 0.3) is 0 Å². The number of halogens is 1. The van der Waals surface area contributed by atoms with Crippen LogP contribution in [-0.2, 0) is 4.74 Å². The van der Waals surface area contributed by atoms with Crippen LogP contribution in [-0.4, -0.2) is 43.9 Å². The molecule has 2 fully saturated rings. The zero-order valence-corrected chi connectivity index (χ0v) is 13.0. The van der Waals surface area contributed by atoms with Crippen LogP contribution in [0.15, 0.2) is 12.7 Å². The van der Waals surface area contributed by atoms with E-state index in [1.165, 1.54) is 12.7 Å². The molecule has 2 aromatic heterocycles. The molecule has 0 radical (unpaired) electrons. The minimum atomic E-state index is 0.199. The molecular weight excluding hydrogens is 304 g/mol. The number of aliphatic hydroxyl groups excluding tert-OH is 1. The van der Waals surface area contributed by atoms with Crippen LogP contribution >= 0.6 is 11.6 Å². The normalized spacial score (nSPS) is 30.5. The second-order valence-electron chi connectivity index (χ2n) is 6.27. The number of imidazole rings is 1.